The standard InChI is InChI=1S/C10H19NO3/c1-7(10(13)14)8(2)11-5-3-4-9(12)6-11/h7-9,12H,3-6H2,1-2H3,(H,13,14). The highest BCUT2D eigenvalue weighted by atomic mass is 16.4. The Labute approximate surface area is 84.5 Å². The molecule has 4 nitrogen and oxygen atoms in total. The molecule has 4 heteroatoms. The fourth-order valence-electron chi connectivity index (χ4n) is 1.88. The van der Waals surface area contributed by atoms with E-state index in [1.807, 2.05) is 6.92 Å². The second kappa shape index (κ2) is 4.75. The third-order valence-electron chi connectivity index (χ3n) is 3.12. The van der Waals surface area contributed by atoms with Gasteiger partial charge in [0, 0.05) is 12.6 Å². The average molecular weight is 201 g/mol. The van der Waals surface area contributed by atoms with Crippen LogP contribution in [-0.2, 0) is 4.79 Å². The number of nitrogens with zero attached hydrogens (tertiary/aromatic N) is 1. The number of aliphatic carboxylic acids is 1. The Bertz CT molecular complexity index is 208. The van der Waals surface area contributed by atoms with E-state index >= 15 is 0 Å². The van der Waals surface area contributed by atoms with Gasteiger partial charge < -0.3 is 10.2 Å². The number of rotatable bonds is 3. The molecule has 2 N–H and O–H groups in total. The third-order valence-corrected chi connectivity index (χ3v) is 3.12. The van der Waals surface area contributed by atoms with Crippen molar-refractivity contribution >= 4 is 5.97 Å². The first-order valence-electron chi connectivity index (χ1n) is 5.17. The lowest BCUT2D eigenvalue weighted by atomic mass is 9.98. The Morgan fingerprint density at radius 3 is 2.64 bits per heavy atom. The molecule has 1 rings (SSSR count). The van der Waals surface area contributed by atoms with Crippen molar-refractivity contribution in [2.45, 2.75) is 38.8 Å². The van der Waals surface area contributed by atoms with Crippen molar-refractivity contribution in [2.24, 2.45) is 5.92 Å². The summed E-state index contributed by atoms with van der Waals surface area (Å²) in [5, 5.41) is 18.3. The highest BCUT2D eigenvalue weighted by molar-refractivity contribution is 5.70. The van der Waals surface area contributed by atoms with Gasteiger partial charge in [-0.15, -0.1) is 0 Å². The number of carboxylic acid groups (broad SMARTS) is 1. The van der Waals surface area contributed by atoms with E-state index in [1.54, 1.807) is 6.92 Å². The summed E-state index contributed by atoms with van der Waals surface area (Å²) in [4.78, 5) is 12.8. The minimum Gasteiger partial charge on any atom is -0.481 e. The zero-order valence-electron chi connectivity index (χ0n) is 8.81. The van der Waals surface area contributed by atoms with Gasteiger partial charge in [0.15, 0.2) is 0 Å². The summed E-state index contributed by atoms with van der Waals surface area (Å²) in [6.07, 6.45) is 1.51. The number of β-amino-alcohol motifs (C(OH)–C–C–N with tert-alkyl or cyclic N) is 1. The van der Waals surface area contributed by atoms with Gasteiger partial charge in [0.05, 0.1) is 12.0 Å². The summed E-state index contributed by atoms with van der Waals surface area (Å²) < 4.78 is 0. The molecule has 0 amide bonds. The summed E-state index contributed by atoms with van der Waals surface area (Å²) in [6.45, 7) is 5.14. The van der Waals surface area contributed by atoms with Crippen molar-refractivity contribution in [3.05, 3.63) is 0 Å². The zero-order valence-corrected chi connectivity index (χ0v) is 8.81. The molecule has 0 radical (unpaired) electrons. The predicted octanol–water partition coefficient (Wildman–Crippen LogP) is 0.552. The van der Waals surface area contributed by atoms with Gasteiger partial charge in [-0.05, 0) is 26.3 Å². The Morgan fingerprint density at radius 2 is 2.14 bits per heavy atom. The molecule has 1 saturated heterocycles. The smallest absolute Gasteiger partial charge is 0.307 e. The zero-order chi connectivity index (χ0) is 10.7. The van der Waals surface area contributed by atoms with Crippen molar-refractivity contribution in [1.82, 2.24) is 4.90 Å². The lowest BCUT2D eigenvalue weighted by molar-refractivity contribution is -0.143. The lowest BCUT2D eigenvalue weighted by Gasteiger charge is -2.36. The fourth-order valence-corrected chi connectivity index (χ4v) is 1.88. The predicted molar refractivity (Wildman–Crippen MR) is 53.1 cm³/mol. The topological polar surface area (TPSA) is 60.8 Å². The van der Waals surface area contributed by atoms with Crippen LogP contribution < -0.4 is 0 Å². The van der Waals surface area contributed by atoms with Crippen molar-refractivity contribution < 1.29 is 15.0 Å². The van der Waals surface area contributed by atoms with E-state index < -0.39 is 5.97 Å². The van der Waals surface area contributed by atoms with Gasteiger partial charge in [0.2, 0.25) is 0 Å². The van der Waals surface area contributed by atoms with Crippen molar-refractivity contribution in [3.8, 4) is 0 Å². The van der Waals surface area contributed by atoms with E-state index in [1.165, 1.54) is 0 Å². The third kappa shape index (κ3) is 2.69. The minimum absolute atomic E-state index is 0.00227. The number of carboxylic acids is 1. The summed E-state index contributed by atoms with van der Waals surface area (Å²) in [6, 6.07) is 0.00227. The largest absolute Gasteiger partial charge is 0.481 e. The van der Waals surface area contributed by atoms with Crippen molar-refractivity contribution in [2.75, 3.05) is 13.1 Å². The van der Waals surface area contributed by atoms with Gasteiger partial charge in [-0.25, -0.2) is 0 Å². The van der Waals surface area contributed by atoms with Crippen molar-refractivity contribution in [3.63, 3.8) is 0 Å². The molecule has 3 unspecified atom stereocenters. The maximum Gasteiger partial charge on any atom is 0.307 e. The molecule has 3 atom stereocenters. The molecule has 0 spiro atoms. The summed E-state index contributed by atoms with van der Waals surface area (Å²) in [7, 11) is 0. The number of hydrogen-bond donors (Lipinski definition) is 2. The normalized spacial score (nSPS) is 28.4. The summed E-state index contributed by atoms with van der Waals surface area (Å²) in [5.41, 5.74) is 0. The van der Waals surface area contributed by atoms with Crippen molar-refractivity contribution in [1.29, 1.82) is 0 Å². The summed E-state index contributed by atoms with van der Waals surface area (Å²) >= 11 is 0. The van der Waals surface area contributed by atoms with Crippen LogP contribution in [0.5, 0.6) is 0 Å². The Kier molecular flexibility index (Phi) is 3.89. The van der Waals surface area contributed by atoms with Crippen LogP contribution in [0.25, 0.3) is 0 Å². The molecule has 0 aromatic carbocycles. The molecule has 0 aliphatic carbocycles. The quantitative estimate of drug-likeness (QED) is 0.700. The maximum atomic E-state index is 10.8. The summed E-state index contributed by atoms with van der Waals surface area (Å²) in [5.74, 6) is -1.14. The van der Waals surface area contributed by atoms with E-state index in [4.69, 9.17) is 5.11 Å². The Morgan fingerprint density at radius 1 is 1.50 bits per heavy atom. The highest BCUT2D eigenvalue weighted by Crippen LogP contribution is 2.17. The van der Waals surface area contributed by atoms with Gasteiger partial charge in [-0.3, -0.25) is 9.69 Å². The first-order valence-corrected chi connectivity index (χ1v) is 5.17. The average Bonchev–Trinajstić information content (AvgIpc) is 2.15. The van der Waals surface area contributed by atoms with Gasteiger partial charge in [-0.1, -0.05) is 6.92 Å². The second-order valence-electron chi connectivity index (χ2n) is 4.16. The van der Waals surface area contributed by atoms with E-state index in [0.29, 0.717) is 6.54 Å². The van der Waals surface area contributed by atoms with E-state index in [-0.39, 0.29) is 18.1 Å². The van der Waals surface area contributed by atoms with E-state index in [0.717, 1.165) is 19.4 Å². The monoisotopic (exact) mass is 201 g/mol. The minimum atomic E-state index is -0.766. The molecule has 1 aliphatic heterocycles. The van der Waals surface area contributed by atoms with Crippen LogP contribution in [-0.4, -0.2) is 46.3 Å². The van der Waals surface area contributed by atoms with E-state index in [9.17, 15) is 9.90 Å². The number of hydrogen-bond acceptors (Lipinski definition) is 3. The first-order chi connectivity index (χ1) is 6.52. The molecular weight excluding hydrogens is 182 g/mol. The highest BCUT2D eigenvalue weighted by Gasteiger charge is 2.28. The number of aliphatic hydroxyl groups excluding tert-OH is 1. The molecule has 1 fully saturated rings. The van der Waals surface area contributed by atoms with Crippen LogP contribution in [0, 0.1) is 5.92 Å². The number of carbonyl (C=O) groups is 1. The number of piperidine rings is 1. The lowest BCUT2D eigenvalue weighted by Crippen LogP contribution is -2.47. The van der Waals surface area contributed by atoms with Gasteiger partial charge in [0.1, 0.15) is 0 Å². The molecule has 0 aromatic rings. The second-order valence-corrected chi connectivity index (χ2v) is 4.16. The Balaban J connectivity index is 2.50. The molecule has 0 bridgehead atoms. The van der Waals surface area contributed by atoms with Crippen LogP contribution in [0.2, 0.25) is 0 Å². The van der Waals surface area contributed by atoms with Crippen LogP contribution in [0.3, 0.4) is 0 Å². The molecule has 14 heavy (non-hydrogen) atoms. The van der Waals surface area contributed by atoms with Gasteiger partial charge in [-0.2, -0.15) is 0 Å². The number of likely N-dealkylation sites (tertiary alicyclic amines) is 1. The van der Waals surface area contributed by atoms with Crippen LogP contribution >= 0.6 is 0 Å². The van der Waals surface area contributed by atoms with Crippen LogP contribution in [0.1, 0.15) is 26.7 Å². The molecular formula is C10H19NO3. The Hall–Kier alpha value is -0.610. The van der Waals surface area contributed by atoms with Gasteiger partial charge >= 0.3 is 5.97 Å². The van der Waals surface area contributed by atoms with Gasteiger partial charge in [0.25, 0.3) is 0 Å². The van der Waals surface area contributed by atoms with E-state index in [2.05, 4.69) is 4.90 Å². The molecule has 82 valence electrons. The SMILES string of the molecule is CC(C(=O)O)C(C)N1CCCC(O)C1. The van der Waals surface area contributed by atoms with Crippen LogP contribution in [0.15, 0.2) is 0 Å². The number of aliphatic hydroxyl groups is 1. The molecule has 0 aromatic heterocycles. The van der Waals surface area contributed by atoms with Crippen LogP contribution in [0.4, 0.5) is 0 Å². The fraction of sp³-hybridized carbons (Fsp3) is 0.900. The first kappa shape index (κ1) is 11.5. The molecule has 1 heterocycles. The molecule has 1 aliphatic rings. The molecule has 0 saturated carbocycles. The maximum absolute atomic E-state index is 10.8.